The van der Waals surface area contributed by atoms with Crippen LogP contribution in [-0.4, -0.2) is 24.2 Å². The first kappa shape index (κ1) is 11.0. The van der Waals surface area contributed by atoms with E-state index < -0.39 is 11.4 Å². The number of nitrogens with zero attached hydrogens (tertiary/aromatic N) is 1. The summed E-state index contributed by atoms with van der Waals surface area (Å²) in [6, 6.07) is 8.12. The quantitative estimate of drug-likeness (QED) is 0.829. The van der Waals surface area contributed by atoms with Crippen LogP contribution in [-0.2, 0) is 4.79 Å². The third kappa shape index (κ3) is 1.77. The number of hydrogen-bond acceptors (Lipinski definition) is 2. The summed E-state index contributed by atoms with van der Waals surface area (Å²) in [7, 11) is 0. The summed E-state index contributed by atoms with van der Waals surface area (Å²) in [5.41, 5.74) is 1.77. The summed E-state index contributed by atoms with van der Waals surface area (Å²) in [5, 5.41) is 9.18. The minimum absolute atomic E-state index is 0.595. The summed E-state index contributed by atoms with van der Waals surface area (Å²) in [6.45, 7) is 5.32. The summed E-state index contributed by atoms with van der Waals surface area (Å²) in [5.74, 6) is -0.691. The average molecular weight is 219 g/mol. The molecule has 0 amide bonds. The molecule has 0 aliphatic carbocycles. The van der Waals surface area contributed by atoms with Crippen LogP contribution in [0.15, 0.2) is 24.3 Å². The lowest BCUT2D eigenvalue weighted by Gasteiger charge is -2.23. The smallest absolute Gasteiger partial charge is 0.311 e. The molecule has 0 spiro atoms. The molecule has 16 heavy (non-hydrogen) atoms. The largest absolute Gasteiger partial charge is 0.481 e. The summed E-state index contributed by atoms with van der Waals surface area (Å²) >= 11 is 0. The fourth-order valence-corrected chi connectivity index (χ4v) is 2.26. The SMILES string of the molecule is Cc1ccccc1N1CCC(C)(C(=O)O)C1. The van der Waals surface area contributed by atoms with E-state index in [1.54, 1.807) is 0 Å². The molecule has 1 saturated heterocycles. The van der Waals surface area contributed by atoms with Crippen LogP contribution in [0.25, 0.3) is 0 Å². The summed E-state index contributed by atoms with van der Waals surface area (Å²) < 4.78 is 0. The monoisotopic (exact) mass is 219 g/mol. The minimum Gasteiger partial charge on any atom is -0.481 e. The van der Waals surface area contributed by atoms with Gasteiger partial charge >= 0.3 is 5.97 Å². The van der Waals surface area contributed by atoms with Gasteiger partial charge in [0, 0.05) is 18.8 Å². The second-order valence-electron chi connectivity index (χ2n) is 4.82. The van der Waals surface area contributed by atoms with Crippen LogP contribution in [0.3, 0.4) is 0 Å². The van der Waals surface area contributed by atoms with Crippen LogP contribution in [0.1, 0.15) is 18.9 Å². The molecule has 2 rings (SSSR count). The van der Waals surface area contributed by atoms with Gasteiger partial charge in [0.2, 0.25) is 0 Å². The maximum Gasteiger partial charge on any atom is 0.311 e. The molecule has 1 atom stereocenters. The van der Waals surface area contributed by atoms with Crippen LogP contribution in [0.4, 0.5) is 5.69 Å². The lowest BCUT2D eigenvalue weighted by molar-refractivity contribution is -0.146. The second kappa shape index (κ2) is 3.81. The molecule has 0 bridgehead atoms. The van der Waals surface area contributed by atoms with Crippen LogP contribution in [0.2, 0.25) is 0 Å². The van der Waals surface area contributed by atoms with E-state index >= 15 is 0 Å². The average Bonchev–Trinajstić information content (AvgIpc) is 2.63. The minimum atomic E-state index is -0.691. The van der Waals surface area contributed by atoms with Gasteiger partial charge in [-0.25, -0.2) is 0 Å². The van der Waals surface area contributed by atoms with E-state index in [0.29, 0.717) is 6.54 Å². The standard InChI is InChI=1S/C13H17NO2/c1-10-5-3-4-6-11(10)14-8-7-13(2,9-14)12(15)16/h3-6H,7-9H2,1-2H3,(H,15,16). The van der Waals surface area contributed by atoms with Crippen molar-refractivity contribution in [2.75, 3.05) is 18.0 Å². The van der Waals surface area contributed by atoms with Gasteiger partial charge in [0.25, 0.3) is 0 Å². The molecular weight excluding hydrogens is 202 g/mol. The molecule has 1 heterocycles. The third-order valence-corrected chi connectivity index (χ3v) is 3.45. The normalized spacial score (nSPS) is 24.8. The first-order chi connectivity index (χ1) is 7.53. The van der Waals surface area contributed by atoms with Crippen molar-refractivity contribution < 1.29 is 9.90 Å². The van der Waals surface area contributed by atoms with E-state index in [2.05, 4.69) is 24.0 Å². The van der Waals surface area contributed by atoms with Crippen molar-refractivity contribution in [1.29, 1.82) is 0 Å². The highest BCUT2D eigenvalue weighted by atomic mass is 16.4. The number of hydrogen-bond donors (Lipinski definition) is 1. The zero-order chi connectivity index (χ0) is 11.8. The molecule has 86 valence electrons. The van der Waals surface area contributed by atoms with Gasteiger partial charge in [-0.15, -0.1) is 0 Å². The highest BCUT2D eigenvalue weighted by molar-refractivity contribution is 5.76. The van der Waals surface area contributed by atoms with Crippen molar-refractivity contribution in [3.8, 4) is 0 Å². The first-order valence-corrected chi connectivity index (χ1v) is 5.57. The van der Waals surface area contributed by atoms with E-state index in [1.165, 1.54) is 5.56 Å². The van der Waals surface area contributed by atoms with Gasteiger partial charge in [0.05, 0.1) is 5.41 Å². The fraction of sp³-hybridized carbons (Fsp3) is 0.462. The number of carboxylic acid groups (broad SMARTS) is 1. The Morgan fingerprint density at radius 3 is 2.69 bits per heavy atom. The number of carbonyl (C=O) groups is 1. The molecule has 1 fully saturated rings. The number of aliphatic carboxylic acids is 1. The van der Waals surface area contributed by atoms with Crippen molar-refractivity contribution in [2.45, 2.75) is 20.3 Å². The number of para-hydroxylation sites is 1. The van der Waals surface area contributed by atoms with E-state index in [0.717, 1.165) is 18.7 Å². The van der Waals surface area contributed by atoms with Crippen molar-refractivity contribution in [3.63, 3.8) is 0 Å². The number of benzene rings is 1. The van der Waals surface area contributed by atoms with Gasteiger partial charge in [-0.2, -0.15) is 0 Å². The van der Waals surface area contributed by atoms with Gasteiger partial charge < -0.3 is 10.0 Å². The molecule has 1 aliphatic rings. The second-order valence-corrected chi connectivity index (χ2v) is 4.82. The summed E-state index contributed by atoms with van der Waals surface area (Å²) in [4.78, 5) is 13.3. The van der Waals surface area contributed by atoms with Gasteiger partial charge in [-0.05, 0) is 31.9 Å². The molecule has 3 heteroatoms. The molecule has 0 radical (unpaired) electrons. The predicted octanol–water partition coefficient (Wildman–Crippen LogP) is 2.30. The van der Waals surface area contributed by atoms with Crippen LogP contribution >= 0.6 is 0 Å². The van der Waals surface area contributed by atoms with Gasteiger partial charge in [0.1, 0.15) is 0 Å². The summed E-state index contributed by atoms with van der Waals surface area (Å²) in [6.07, 6.45) is 0.719. The first-order valence-electron chi connectivity index (χ1n) is 5.57. The molecule has 0 aromatic heterocycles. The molecule has 1 N–H and O–H groups in total. The van der Waals surface area contributed by atoms with E-state index in [4.69, 9.17) is 0 Å². The van der Waals surface area contributed by atoms with Crippen LogP contribution in [0, 0.1) is 12.3 Å². The van der Waals surface area contributed by atoms with Crippen molar-refractivity contribution >= 4 is 11.7 Å². The molecule has 1 aromatic carbocycles. The number of rotatable bonds is 2. The van der Waals surface area contributed by atoms with Crippen LogP contribution < -0.4 is 4.90 Å². The lowest BCUT2D eigenvalue weighted by Crippen LogP contribution is -2.31. The maximum absolute atomic E-state index is 11.2. The third-order valence-electron chi connectivity index (χ3n) is 3.45. The number of carboxylic acids is 1. The van der Waals surface area contributed by atoms with E-state index in [9.17, 15) is 9.90 Å². The molecule has 1 aliphatic heterocycles. The Labute approximate surface area is 95.7 Å². The zero-order valence-corrected chi connectivity index (χ0v) is 9.73. The molecule has 3 nitrogen and oxygen atoms in total. The Bertz CT molecular complexity index is 416. The Kier molecular flexibility index (Phi) is 2.62. The van der Waals surface area contributed by atoms with Crippen LogP contribution in [0.5, 0.6) is 0 Å². The molecule has 1 unspecified atom stereocenters. The van der Waals surface area contributed by atoms with E-state index in [1.807, 2.05) is 19.1 Å². The highest BCUT2D eigenvalue weighted by Gasteiger charge is 2.40. The number of aryl methyl sites for hydroxylation is 1. The Morgan fingerprint density at radius 2 is 2.12 bits per heavy atom. The van der Waals surface area contributed by atoms with Gasteiger partial charge in [0.15, 0.2) is 0 Å². The van der Waals surface area contributed by atoms with Crippen molar-refractivity contribution in [2.24, 2.45) is 5.41 Å². The van der Waals surface area contributed by atoms with Gasteiger partial charge in [-0.3, -0.25) is 4.79 Å². The fourth-order valence-electron chi connectivity index (χ4n) is 2.26. The Morgan fingerprint density at radius 1 is 1.44 bits per heavy atom. The van der Waals surface area contributed by atoms with Crippen molar-refractivity contribution in [1.82, 2.24) is 0 Å². The Hall–Kier alpha value is -1.51. The highest BCUT2D eigenvalue weighted by Crippen LogP contribution is 2.34. The number of anilines is 1. The predicted molar refractivity (Wildman–Crippen MR) is 63.8 cm³/mol. The van der Waals surface area contributed by atoms with Crippen molar-refractivity contribution in [3.05, 3.63) is 29.8 Å². The van der Waals surface area contributed by atoms with Gasteiger partial charge in [-0.1, -0.05) is 18.2 Å². The van der Waals surface area contributed by atoms with E-state index in [-0.39, 0.29) is 0 Å². The maximum atomic E-state index is 11.2. The zero-order valence-electron chi connectivity index (χ0n) is 9.73. The molecular formula is C13H17NO2. The Balaban J connectivity index is 2.22. The lowest BCUT2D eigenvalue weighted by atomic mass is 9.90. The molecule has 1 aromatic rings. The molecule has 0 saturated carbocycles. The topological polar surface area (TPSA) is 40.5 Å².